The van der Waals surface area contributed by atoms with Gasteiger partial charge in [0.15, 0.2) is 5.96 Å². The first-order valence-electron chi connectivity index (χ1n) is 9.51. The van der Waals surface area contributed by atoms with Gasteiger partial charge in [-0.05, 0) is 36.6 Å². The van der Waals surface area contributed by atoms with E-state index in [4.69, 9.17) is 0 Å². The fraction of sp³-hybridized carbons (Fsp3) is 0.474. The number of sulfonamides is 1. The Morgan fingerprint density at radius 1 is 1.07 bits per heavy atom. The van der Waals surface area contributed by atoms with Gasteiger partial charge in [-0.2, -0.15) is 9.40 Å². The molecule has 3 rings (SSSR count). The molecule has 0 aliphatic carbocycles. The molecule has 0 spiro atoms. The summed E-state index contributed by atoms with van der Waals surface area (Å²) in [5.41, 5.74) is 2.04. The van der Waals surface area contributed by atoms with Crippen molar-refractivity contribution in [3.05, 3.63) is 47.8 Å². The fourth-order valence-electron chi connectivity index (χ4n) is 3.19. The lowest BCUT2D eigenvalue weighted by atomic mass is 10.2. The highest BCUT2D eigenvalue weighted by Gasteiger charge is 2.25. The molecule has 0 saturated carbocycles. The minimum Gasteiger partial charge on any atom is -0.352 e. The molecule has 28 heavy (non-hydrogen) atoms. The molecule has 2 N–H and O–H groups in total. The second-order valence-corrected chi connectivity index (χ2v) is 8.77. The van der Waals surface area contributed by atoms with Crippen molar-refractivity contribution in [3.63, 3.8) is 0 Å². The zero-order chi connectivity index (χ0) is 20.0. The zero-order valence-electron chi connectivity index (χ0n) is 16.4. The van der Waals surface area contributed by atoms with Gasteiger partial charge in [0.2, 0.25) is 10.0 Å². The summed E-state index contributed by atoms with van der Waals surface area (Å²) in [6.45, 7) is 2.40. The first kappa shape index (κ1) is 20.3. The molecule has 0 radical (unpaired) electrons. The van der Waals surface area contributed by atoms with Crippen molar-refractivity contribution in [2.45, 2.75) is 37.2 Å². The number of aromatic nitrogens is 2. The van der Waals surface area contributed by atoms with Gasteiger partial charge >= 0.3 is 0 Å². The van der Waals surface area contributed by atoms with Crippen LogP contribution >= 0.6 is 0 Å². The first-order chi connectivity index (χ1) is 13.5. The van der Waals surface area contributed by atoms with Crippen LogP contribution in [0.1, 0.15) is 30.5 Å². The van der Waals surface area contributed by atoms with Crippen LogP contribution in [0.25, 0.3) is 0 Å². The zero-order valence-corrected chi connectivity index (χ0v) is 17.2. The van der Waals surface area contributed by atoms with E-state index >= 15 is 0 Å². The SMILES string of the molecule is CN=C(NCc1ccc(S(=O)(=O)N2CCCCC2)cc1)NCc1ccnn1C. The maximum absolute atomic E-state index is 12.7. The summed E-state index contributed by atoms with van der Waals surface area (Å²) < 4.78 is 28.8. The van der Waals surface area contributed by atoms with Gasteiger partial charge in [-0.15, -0.1) is 0 Å². The second-order valence-electron chi connectivity index (χ2n) is 6.83. The van der Waals surface area contributed by atoms with Crippen LogP contribution in [-0.4, -0.2) is 48.6 Å². The molecule has 1 aliphatic rings. The van der Waals surface area contributed by atoms with E-state index < -0.39 is 10.0 Å². The van der Waals surface area contributed by atoms with Gasteiger partial charge in [0.25, 0.3) is 0 Å². The number of aryl methyl sites for hydroxylation is 1. The summed E-state index contributed by atoms with van der Waals surface area (Å²) in [5, 5.41) is 10.6. The Hall–Kier alpha value is -2.39. The lowest BCUT2D eigenvalue weighted by Gasteiger charge is -2.25. The minimum absolute atomic E-state index is 0.358. The topological polar surface area (TPSA) is 91.6 Å². The van der Waals surface area contributed by atoms with Crippen LogP contribution in [0.4, 0.5) is 0 Å². The number of hydrogen-bond acceptors (Lipinski definition) is 4. The molecule has 0 amide bonds. The summed E-state index contributed by atoms with van der Waals surface area (Å²) in [5.74, 6) is 0.672. The standard InChI is InChI=1S/C19H28N6O2S/c1-20-19(22-15-17-10-11-23-24(17)2)21-14-16-6-8-18(9-7-16)28(26,27)25-12-4-3-5-13-25/h6-11H,3-5,12-15H2,1-2H3,(H2,20,21,22). The van der Waals surface area contributed by atoms with Crippen LogP contribution in [0.15, 0.2) is 46.4 Å². The average molecular weight is 405 g/mol. The fourth-order valence-corrected chi connectivity index (χ4v) is 4.71. The summed E-state index contributed by atoms with van der Waals surface area (Å²) in [7, 11) is 0.227. The average Bonchev–Trinajstić information content (AvgIpc) is 3.14. The Morgan fingerprint density at radius 2 is 1.75 bits per heavy atom. The van der Waals surface area contributed by atoms with Crippen LogP contribution in [0.3, 0.4) is 0 Å². The molecule has 1 saturated heterocycles. The molecule has 1 aromatic heterocycles. The molecule has 1 aliphatic heterocycles. The number of nitrogens with one attached hydrogen (secondary N) is 2. The molecule has 8 nitrogen and oxygen atoms in total. The smallest absolute Gasteiger partial charge is 0.243 e. The van der Waals surface area contributed by atoms with Gasteiger partial charge in [-0.1, -0.05) is 18.6 Å². The molecule has 1 fully saturated rings. The number of benzene rings is 1. The highest BCUT2D eigenvalue weighted by atomic mass is 32.2. The summed E-state index contributed by atoms with van der Waals surface area (Å²) in [6, 6.07) is 9.01. The molecule has 152 valence electrons. The van der Waals surface area contributed by atoms with E-state index in [2.05, 4.69) is 20.7 Å². The third-order valence-electron chi connectivity index (χ3n) is 4.92. The molecule has 9 heteroatoms. The van der Waals surface area contributed by atoms with Gasteiger partial charge in [0.05, 0.1) is 17.1 Å². The first-order valence-corrected chi connectivity index (χ1v) is 10.9. The summed E-state index contributed by atoms with van der Waals surface area (Å²) >= 11 is 0. The van der Waals surface area contributed by atoms with Crippen molar-refractivity contribution in [1.82, 2.24) is 24.7 Å². The van der Waals surface area contributed by atoms with Crippen molar-refractivity contribution in [2.24, 2.45) is 12.0 Å². The van der Waals surface area contributed by atoms with E-state index in [0.717, 1.165) is 30.5 Å². The lowest BCUT2D eigenvalue weighted by Crippen LogP contribution is -2.37. The Bertz CT molecular complexity index is 899. The number of guanidine groups is 1. The Balaban J connectivity index is 1.55. The van der Waals surface area contributed by atoms with Gasteiger partial charge in [0.1, 0.15) is 0 Å². The molecule has 2 heterocycles. The maximum Gasteiger partial charge on any atom is 0.243 e. The number of aliphatic imine (C=N–C) groups is 1. The van der Waals surface area contributed by atoms with Crippen LogP contribution in [0.5, 0.6) is 0 Å². The van der Waals surface area contributed by atoms with Gasteiger partial charge in [-0.25, -0.2) is 8.42 Å². The van der Waals surface area contributed by atoms with E-state index in [9.17, 15) is 8.42 Å². The molecular weight excluding hydrogens is 376 g/mol. The highest BCUT2D eigenvalue weighted by Crippen LogP contribution is 2.20. The Morgan fingerprint density at radius 3 is 2.36 bits per heavy atom. The lowest BCUT2D eigenvalue weighted by molar-refractivity contribution is 0.346. The van der Waals surface area contributed by atoms with E-state index in [1.54, 1.807) is 29.7 Å². The van der Waals surface area contributed by atoms with E-state index in [1.807, 2.05) is 29.9 Å². The minimum atomic E-state index is -3.38. The van der Waals surface area contributed by atoms with Gasteiger partial charge < -0.3 is 10.6 Å². The molecular formula is C19H28N6O2S. The second kappa shape index (κ2) is 9.20. The van der Waals surface area contributed by atoms with Crippen LogP contribution in [0, 0.1) is 0 Å². The monoisotopic (exact) mass is 404 g/mol. The predicted molar refractivity (Wildman–Crippen MR) is 109 cm³/mol. The van der Waals surface area contributed by atoms with Crippen LogP contribution in [0.2, 0.25) is 0 Å². The van der Waals surface area contributed by atoms with Gasteiger partial charge in [0, 0.05) is 39.9 Å². The third kappa shape index (κ3) is 4.90. The van der Waals surface area contributed by atoms with E-state index in [0.29, 0.717) is 37.0 Å². The highest BCUT2D eigenvalue weighted by molar-refractivity contribution is 7.89. The number of rotatable bonds is 6. The maximum atomic E-state index is 12.7. The number of hydrogen-bond donors (Lipinski definition) is 2. The predicted octanol–water partition coefficient (Wildman–Crippen LogP) is 1.46. The van der Waals surface area contributed by atoms with Crippen LogP contribution in [-0.2, 0) is 30.2 Å². The molecule has 0 bridgehead atoms. The number of piperidine rings is 1. The quantitative estimate of drug-likeness (QED) is 0.562. The van der Waals surface area contributed by atoms with Gasteiger partial charge in [-0.3, -0.25) is 9.67 Å². The van der Waals surface area contributed by atoms with Crippen molar-refractivity contribution < 1.29 is 8.42 Å². The van der Waals surface area contributed by atoms with E-state index in [-0.39, 0.29) is 0 Å². The van der Waals surface area contributed by atoms with E-state index in [1.165, 1.54) is 0 Å². The largest absolute Gasteiger partial charge is 0.352 e. The Kier molecular flexibility index (Phi) is 6.69. The normalized spacial score (nSPS) is 16.1. The van der Waals surface area contributed by atoms with Crippen molar-refractivity contribution in [1.29, 1.82) is 0 Å². The van der Waals surface area contributed by atoms with Crippen molar-refractivity contribution in [3.8, 4) is 0 Å². The molecule has 0 atom stereocenters. The summed E-state index contributed by atoms with van der Waals surface area (Å²) in [4.78, 5) is 4.57. The Labute approximate surface area is 166 Å². The van der Waals surface area contributed by atoms with Crippen molar-refractivity contribution >= 4 is 16.0 Å². The molecule has 0 unspecified atom stereocenters. The molecule has 2 aromatic rings. The summed E-state index contributed by atoms with van der Waals surface area (Å²) in [6.07, 6.45) is 4.73. The third-order valence-corrected chi connectivity index (χ3v) is 6.83. The number of nitrogens with zero attached hydrogens (tertiary/aromatic N) is 4. The molecule has 1 aromatic carbocycles. The van der Waals surface area contributed by atoms with Crippen molar-refractivity contribution in [2.75, 3.05) is 20.1 Å². The van der Waals surface area contributed by atoms with Crippen LogP contribution < -0.4 is 10.6 Å².